The van der Waals surface area contributed by atoms with E-state index in [-0.39, 0.29) is 6.10 Å². The van der Waals surface area contributed by atoms with Crippen molar-refractivity contribution in [3.8, 4) is 5.75 Å². The second-order valence-electron chi connectivity index (χ2n) is 3.93. The fraction of sp³-hybridized carbons (Fsp3) is 0.308. The highest BCUT2D eigenvalue weighted by Crippen LogP contribution is 2.26. The van der Waals surface area contributed by atoms with Crippen LogP contribution in [0.1, 0.15) is 5.56 Å². The number of epoxide rings is 1. The Morgan fingerprint density at radius 3 is 3.05 bits per heavy atom. The number of hydrogen-bond acceptors (Lipinski definition) is 4. The Labute approximate surface area is 116 Å². The second-order valence-corrected chi connectivity index (χ2v) is 4.33. The number of nitrogens with one attached hydrogen (secondary N) is 1. The zero-order chi connectivity index (χ0) is 13.7. The quantitative estimate of drug-likeness (QED) is 0.843. The molecule has 6 heteroatoms. The summed E-state index contributed by atoms with van der Waals surface area (Å²) in [6.45, 7) is 1.26. The number of amides is 1. The van der Waals surface area contributed by atoms with E-state index >= 15 is 0 Å². The summed E-state index contributed by atoms with van der Waals surface area (Å²) >= 11 is 6.09. The first kappa shape index (κ1) is 13.7. The number of carbonyl (C=O) groups is 1. The third-order valence-electron chi connectivity index (χ3n) is 2.45. The minimum Gasteiger partial charge on any atom is -0.489 e. The summed E-state index contributed by atoms with van der Waals surface area (Å²) in [5.41, 5.74) is 0.844. The van der Waals surface area contributed by atoms with Crippen molar-refractivity contribution in [3.05, 3.63) is 35.0 Å². The third-order valence-corrected chi connectivity index (χ3v) is 2.74. The van der Waals surface area contributed by atoms with Crippen molar-refractivity contribution < 1.29 is 19.0 Å². The fourth-order valence-corrected chi connectivity index (χ4v) is 1.59. The van der Waals surface area contributed by atoms with Crippen LogP contribution in [0.4, 0.5) is 4.79 Å². The first-order chi connectivity index (χ1) is 9.19. The Morgan fingerprint density at radius 1 is 1.63 bits per heavy atom. The molecular formula is C13H14ClNO4. The van der Waals surface area contributed by atoms with Crippen LogP contribution in [0.25, 0.3) is 6.08 Å². The maximum atomic E-state index is 10.8. The molecule has 1 aromatic rings. The molecule has 5 nitrogen and oxygen atoms in total. The normalized spacial score (nSPS) is 17.3. The molecule has 1 aliphatic heterocycles. The molecule has 0 saturated carbocycles. The van der Waals surface area contributed by atoms with E-state index in [1.165, 1.54) is 13.3 Å². The third kappa shape index (κ3) is 4.46. The number of benzene rings is 1. The van der Waals surface area contributed by atoms with E-state index in [2.05, 4.69) is 10.1 Å². The summed E-state index contributed by atoms with van der Waals surface area (Å²) in [4.78, 5) is 10.8. The van der Waals surface area contributed by atoms with E-state index in [1.807, 2.05) is 6.07 Å². The van der Waals surface area contributed by atoms with Crippen molar-refractivity contribution in [1.29, 1.82) is 0 Å². The van der Waals surface area contributed by atoms with Gasteiger partial charge >= 0.3 is 6.09 Å². The lowest BCUT2D eigenvalue weighted by Gasteiger charge is -2.06. The minimum atomic E-state index is -0.522. The molecule has 1 saturated heterocycles. The van der Waals surface area contributed by atoms with Crippen molar-refractivity contribution >= 4 is 23.8 Å². The summed E-state index contributed by atoms with van der Waals surface area (Å²) < 4.78 is 15.0. The lowest BCUT2D eigenvalue weighted by atomic mass is 10.2. The number of alkyl carbamates (subject to hydrolysis) is 1. The Kier molecular flexibility index (Phi) is 4.65. The highest BCUT2D eigenvalue weighted by atomic mass is 35.5. The average molecular weight is 284 g/mol. The van der Waals surface area contributed by atoms with E-state index in [0.717, 1.165) is 12.2 Å². The maximum Gasteiger partial charge on any atom is 0.410 e. The highest BCUT2D eigenvalue weighted by Gasteiger charge is 2.23. The molecule has 1 aliphatic rings. The van der Waals surface area contributed by atoms with E-state index in [9.17, 15) is 4.79 Å². The highest BCUT2D eigenvalue weighted by molar-refractivity contribution is 6.32. The molecule has 0 spiro atoms. The molecule has 102 valence electrons. The number of rotatable bonds is 5. The lowest BCUT2D eigenvalue weighted by Crippen LogP contribution is -2.15. The topological polar surface area (TPSA) is 60.1 Å². The molecule has 1 heterocycles. The van der Waals surface area contributed by atoms with Gasteiger partial charge in [0.25, 0.3) is 0 Å². The van der Waals surface area contributed by atoms with Gasteiger partial charge in [-0.15, -0.1) is 0 Å². The largest absolute Gasteiger partial charge is 0.489 e. The molecule has 1 unspecified atom stereocenters. The summed E-state index contributed by atoms with van der Waals surface area (Å²) in [7, 11) is 1.30. The molecule has 19 heavy (non-hydrogen) atoms. The maximum absolute atomic E-state index is 10.8. The van der Waals surface area contributed by atoms with Gasteiger partial charge in [0, 0.05) is 6.20 Å². The van der Waals surface area contributed by atoms with Gasteiger partial charge in [-0.25, -0.2) is 4.79 Å². The van der Waals surface area contributed by atoms with Crippen LogP contribution in [-0.4, -0.2) is 32.5 Å². The Bertz CT molecular complexity index is 486. The molecule has 2 rings (SSSR count). The fourth-order valence-electron chi connectivity index (χ4n) is 1.35. The number of hydrogen-bond donors (Lipinski definition) is 1. The van der Waals surface area contributed by atoms with Gasteiger partial charge in [0.15, 0.2) is 0 Å². The Hall–Kier alpha value is -1.72. The number of methoxy groups -OCH3 is 1. The molecule has 1 N–H and O–H groups in total. The van der Waals surface area contributed by atoms with Crippen molar-refractivity contribution in [2.45, 2.75) is 6.10 Å². The van der Waals surface area contributed by atoms with Gasteiger partial charge in [-0.05, 0) is 23.8 Å². The SMILES string of the molecule is COC(=O)NC=Cc1ccc(OCC2CO2)c(Cl)c1. The molecule has 0 bridgehead atoms. The van der Waals surface area contributed by atoms with Gasteiger partial charge in [-0.2, -0.15) is 0 Å². The number of carbonyl (C=O) groups excluding carboxylic acids is 1. The van der Waals surface area contributed by atoms with Crippen LogP contribution in [0, 0.1) is 0 Å². The van der Waals surface area contributed by atoms with Crippen LogP contribution in [-0.2, 0) is 9.47 Å². The van der Waals surface area contributed by atoms with Crippen molar-refractivity contribution in [3.63, 3.8) is 0 Å². The van der Waals surface area contributed by atoms with Crippen LogP contribution in [0.15, 0.2) is 24.4 Å². The summed E-state index contributed by atoms with van der Waals surface area (Å²) in [6.07, 6.45) is 2.86. The summed E-state index contributed by atoms with van der Waals surface area (Å²) in [5, 5.41) is 2.95. The van der Waals surface area contributed by atoms with Crippen LogP contribution in [0.3, 0.4) is 0 Å². The average Bonchev–Trinajstić information content (AvgIpc) is 3.21. The number of ether oxygens (including phenoxy) is 3. The van der Waals surface area contributed by atoms with E-state index < -0.39 is 6.09 Å². The van der Waals surface area contributed by atoms with Crippen molar-refractivity contribution in [1.82, 2.24) is 5.32 Å². The van der Waals surface area contributed by atoms with Gasteiger partial charge < -0.3 is 14.2 Å². The van der Waals surface area contributed by atoms with Crippen LogP contribution in [0.2, 0.25) is 5.02 Å². The smallest absolute Gasteiger partial charge is 0.410 e. The second kappa shape index (κ2) is 6.45. The van der Waals surface area contributed by atoms with Gasteiger partial charge in [-0.3, -0.25) is 5.32 Å². The van der Waals surface area contributed by atoms with Crippen LogP contribution < -0.4 is 10.1 Å². The van der Waals surface area contributed by atoms with E-state index in [1.54, 1.807) is 18.2 Å². The van der Waals surface area contributed by atoms with E-state index in [4.69, 9.17) is 21.1 Å². The first-order valence-corrected chi connectivity index (χ1v) is 6.12. The molecule has 1 aromatic carbocycles. The van der Waals surface area contributed by atoms with Crippen LogP contribution in [0.5, 0.6) is 5.75 Å². The van der Waals surface area contributed by atoms with Gasteiger partial charge in [0.05, 0.1) is 18.7 Å². The zero-order valence-electron chi connectivity index (χ0n) is 10.4. The molecule has 0 aliphatic carbocycles. The Morgan fingerprint density at radius 2 is 2.42 bits per heavy atom. The van der Waals surface area contributed by atoms with Crippen LogP contribution >= 0.6 is 11.6 Å². The van der Waals surface area contributed by atoms with Gasteiger partial charge in [-0.1, -0.05) is 17.7 Å². The molecule has 0 radical (unpaired) electrons. The summed E-state index contributed by atoms with van der Waals surface area (Å²) in [6, 6.07) is 5.37. The van der Waals surface area contributed by atoms with Crippen molar-refractivity contribution in [2.75, 3.05) is 20.3 Å². The summed E-state index contributed by atoms with van der Waals surface area (Å²) in [5.74, 6) is 0.621. The molecule has 1 atom stereocenters. The predicted molar refractivity (Wildman–Crippen MR) is 71.3 cm³/mol. The molecule has 1 fully saturated rings. The molecule has 1 amide bonds. The van der Waals surface area contributed by atoms with E-state index in [0.29, 0.717) is 17.4 Å². The van der Waals surface area contributed by atoms with Gasteiger partial charge in [0.1, 0.15) is 18.5 Å². The molecular weight excluding hydrogens is 270 g/mol. The first-order valence-electron chi connectivity index (χ1n) is 5.74. The van der Waals surface area contributed by atoms with Gasteiger partial charge in [0.2, 0.25) is 0 Å². The minimum absolute atomic E-state index is 0.194. The lowest BCUT2D eigenvalue weighted by molar-refractivity contribution is 0.175. The standard InChI is InChI=1S/C13H14ClNO4/c1-17-13(16)15-5-4-9-2-3-12(11(14)6-9)19-8-10-7-18-10/h2-6,10H,7-8H2,1H3,(H,15,16). The van der Waals surface area contributed by atoms with Crippen molar-refractivity contribution in [2.24, 2.45) is 0 Å². The zero-order valence-corrected chi connectivity index (χ0v) is 11.1. The predicted octanol–water partition coefficient (Wildman–Crippen LogP) is 2.44. The number of halogens is 1. The monoisotopic (exact) mass is 283 g/mol. The Balaban J connectivity index is 1.91. The molecule has 0 aromatic heterocycles.